The quantitative estimate of drug-likeness (QED) is 0.783. The Morgan fingerprint density at radius 3 is 2.57 bits per heavy atom. The van der Waals surface area contributed by atoms with Gasteiger partial charge in [0.15, 0.2) is 9.84 Å². The van der Waals surface area contributed by atoms with Gasteiger partial charge in [0.25, 0.3) is 0 Å². The van der Waals surface area contributed by atoms with Crippen molar-refractivity contribution in [3.05, 3.63) is 19.8 Å². The first-order chi connectivity index (χ1) is 9.57. The van der Waals surface area contributed by atoms with Gasteiger partial charge in [0.2, 0.25) is 0 Å². The summed E-state index contributed by atoms with van der Waals surface area (Å²) in [4.78, 5) is -0.636. The molecular formula is C12H18BrClN2O3S2. The van der Waals surface area contributed by atoms with Gasteiger partial charge in [-0.15, -0.1) is 11.3 Å². The first-order valence-corrected chi connectivity index (χ1v) is 10.0. The van der Waals surface area contributed by atoms with Crippen molar-refractivity contribution in [3.8, 4) is 0 Å². The third-order valence-corrected chi connectivity index (χ3v) is 8.58. The van der Waals surface area contributed by atoms with Crippen LogP contribution < -0.4 is 11.5 Å². The van der Waals surface area contributed by atoms with E-state index in [9.17, 15) is 8.42 Å². The molecule has 21 heavy (non-hydrogen) atoms. The molecule has 1 fully saturated rings. The summed E-state index contributed by atoms with van der Waals surface area (Å²) >= 11 is 10.8. The van der Waals surface area contributed by atoms with Gasteiger partial charge in [0, 0.05) is 30.9 Å². The highest BCUT2D eigenvalue weighted by molar-refractivity contribution is 9.11. The third kappa shape index (κ3) is 3.63. The lowest BCUT2D eigenvalue weighted by molar-refractivity contribution is 0.0759. The van der Waals surface area contributed by atoms with Crippen LogP contribution in [0, 0.1) is 0 Å². The van der Waals surface area contributed by atoms with Crippen LogP contribution in [0.5, 0.6) is 0 Å². The predicted molar refractivity (Wildman–Crippen MR) is 89.3 cm³/mol. The van der Waals surface area contributed by atoms with E-state index in [0.29, 0.717) is 23.1 Å². The minimum Gasteiger partial charge on any atom is -0.381 e. The summed E-state index contributed by atoms with van der Waals surface area (Å²) < 4.78 is 31.4. The Labute approximate surface area is 142 Å². The fourth-order valence-electron chi connectivity index (χ4n) is 2.36. The normalized spacial score (nSPS) is 22.0. The fourth-order valence-corrected chi connectivity index (χ4v) is 6.65. The minimum absolute atomic E-state index is 0.247. The number of rotatable bonds is 4. The van der Waals surface area contributed by atoms with Crippen LogP contribution in [-0.2, 0) is 20.1 Å². The lowest BCUT2D eigenvalue weighted by atomic mass is 10.1. The van der Waals surface area contributed by atoms with Gasteiger partial charge in [0.05, 0.1) is 20.1 Å². The van der Waals surface area contributed by atoms with E-state index in [1.54, 1.807) is 13.0 Å². The Hall–Kier alpha value is 0.300. The smallest absolute Gasteiger partial charge is 0.171 e. The van der Waals surface area contributed by atoms with Crippen molar-refractivity contribution in [2.45, 2.75) is 30.2 Å². The first kappa shape index (κ1) is 17.7. The molecule has 0 aliphatic carbocycles. The number of ether oxygens (including phenoxy) is 1. The molecule has 0 bridgehead atoms. The molecule has 1 atom stereocenters. The molecule has 2 heterocycles. The highest BCUT2D eigenvalue weighted by atomic mass is 79.9. The van der Waals surface area contributed by atoms with Crippen molar-refractivity contribution in [2.75, 3.05) is 19.0 Å². The van der Waals surface area contributed by atoms with Gasteiger partial charge in [-0.1, -0.05) is 11.6 Å². The fraction of sp³-hybridized carbons (Fsp3) is 0.667. The zero-order valence-electron chi connectivity index (χ0n) is 11.6. The van der Waals surface area contributed by atoms with Gasteiger partial charge >= 0.3 is 0 Å². The summed E-state index contributed by atoms with van der Waals surface area (Å²) in [5.74, 6) is -0.247. The molecule has 1 aromatic heterocycles. The van der Waals surface area contributed by atoms with E-state index in [1.807, 2.05) is 0 Å². The highest BCUT2D eigenvalue weighted by Crippen LogP contribution is 2.39. The predicted octanol–water partition coefficient (Wildman–Crippen LogP) is 2.22. The number of halogens is 2. The van der Waals surface area contributed by atoms with Crippen LogP contribution >= 0.6 is 38.9 Å². The number of sulfone groups is 1. The van der Waals surface area contributed by atoms with E-state index in [0.717, 1.165) is 3.79 Å². The van der Waals surface area contributed by atoms with Gasteiger partial charge in [-0.2, -0.15) is 0 Å². The van der Waals surface area contributed by atoms with E-state index in [1.165, 1.54) is 11.3 Å². The molecule has 9 heteroatoms. The average molecular weight is 418 g/mol. The second-order valence-corrected chi connectivity index (χ2v) is 10.8. The maximum Gasteiger partial charge on any atom is 0.171 e. The molecule has 1 aliphatic heterocycles. The number of nitrogens with two attached hydrogens (primary N) is 2. The number of hydrogen-bond donors (Lipinski definition) is 2. The molecule has 1 aliphatic rings. The Morgan fingerprint density at radius 2 is 2.10 bits per heavy atom. The second kappa shape index (κ2) is 6.07. The van der Waals surface area contributed by atoms with Crippen molar-refractivity contribution in [1.29, 1.82) is 0 Å². The number of thiophene rings is 1. The molecule has 4 N–H and O–H groups in total. The van der Waals surface area contributed by atoms with Crippen molar-refractivity contribution in [1.82, 2.24) is 0 Å². The van der Waals surface area contributed by atoms with Gasteiger partial charge in [0.1, 0.15) is 4.87 Å². The molecular weight excluding hydrogens is 400 g/mol. The maximum atomic E-state index is 12.7. The molecule has 0 aromatic carbocycles. The highest BCUT2D eigenvalue weighted by Gasteiger charge is 2.45. The molecule has 0 radical (unpaired) electrons. The van der Waals surface area contributed by atoms with Crippen LogP contribution in [0.2, 0.25) is 5.02 Å². The largest absolute Gasteiger partial charge is 0.381 e. The molecule has 0 unspecified atom stereocenters. The Morgan fingerprint density at radius 1 is 1.52 bits per heavy atom. The Kier molecular flexibility index (Phi) is 5.10. The third-order valence-electron chi connectivity index (χ3n) is 3.62. The van der Waals surface area contributed by atoms with Crippen molar-refractivity contribution in [3.63, 3.8) is 0 Å². The monoisotopic (exact) mass is 416 g/mol. The van der Waals surface area contributed by atoms with Crippen LogP contribution in [0.3, 0.4) is 0 Å². The van der Waals surface area contributed by atoms with Crippen molar-refractivity contribution in [2.24, 2.45) is 11.5 Å². The zero-order chi connectivity index (χ0) is 15.9. The Bertz CT molecular complexity index is 624. The first-order valence-electron chi connectivity index (χ1n) is 6.41. The van der Waals surface area contributed by atoms with Crippen LogP contribution in [0.15, 0.2) is 9.85 Å². The van der Waals surface area contributed by atoms with Crippen LogP contribution in [-0.4, -0.2) is 32.3 Å². The molecule has 0 saturated carbocycles. The van der Waals surface area contributed by atoms with Crippen molar-refractivity contribution < 1.29 is 13.2 Å². The number of hydrogen-bond acceptors (Lipinski definition) is 6. The molecule has 1 saturated heterocycles. The topological polar surface area (TPSA) is 95.4 Å². The summed E-state index contributed by atoms with van der Waals surface area (Å²) in [5.41, 5.74) is 11.3. The lowest BCUT2D eigenvalue weighted by Crippen LogP contribution is -2.56. The average Bonchev–Trinajstić information content (AvgIpc) is 2.69. The van der Waals surface area contributed by atoms with E-state index in [4.69, 9.17) is 27.8 Å². The van der Waals surface area contributed by atoms with Crippen LogP contribution in [0.4, 0.5) is 0 Å². The van der Waals surface area contributed by atoms with E-state index in [2.05, 4.69) is 15.9 Å². The standard InChI is InChI=1S/C12H18BrClN2O3S2/c1-11(15,10-8(14)6-9(13)20-10)7-21(17,18)12(16)2-4-19-5-3-12/h6H,2-5,7,15-16H2,1H3/t11-/m0/s1. The van der Waals surface area contributed by atoms with Gasteiger partial charge in [-0.05, 0) is 28.9 Å². The van der Waals surface area contributed by atoms with Crippen LogP contribution in [0.25, 0.3) is 0 Å². The summed E-state index contributed by atoms with van der Waals surface area (Å²) in [7, 11) is -3.59. The lowest BCUT2D eigenvalue weighted by Gasteiger charge is -2.35. The van der Waals surface area contributed by atoms with Crippen molar-refractivity contribution >= 4 is 48.7 Å². The van der Waals surface area contributed by atoms with E-state index in [-0.39, 0.29) is 18.6 Å². The minimum atomic E-state index is -3.59. The second-order valence-electron chi connectivity index (χ2n) is 5.58. The van der Waals surface area contributed by atoms with Gasteiger partial charge < -0.3 is 16.2 Å². The molecule has 0 spiro atoms. The van der Waals surface area contributed by atoms with E-state index < -0.39 is 20.2 Å². The summed E-state index contributed by atoms with van der Waals surface area (Å²) in [6.07, 6.45) is 0.570. The van der Waals surface area contributed by atoms with Crippen LogP contribution in [0.1, 0.15) is 24.6 Å². The van der Waals surface area contributed by atoms with Gasteiger partial charge in [-0.3, -0.25) is 0 Å². The Balaban J connectivity index is 2.28. The van der Waals surface area contributed by atoms with Gasteiger partial charge in [-0.25, -0.2) is 8.42 Å². The van der Waals surface area contributed by atoms with E-state index >= 15 is 0 Å². The summed E-state index contributed by atoms with van der Waals surface area (Å²) in [6.45, 7) is 2.36. The SMILES string of the molecule is C[C@](N)(CS(=O)(=O)C1(N)CCOCC1)c1sc(Br)cc1Cl. The molecule has 2 rings (SSSR count). The molecule has 5 nitrogen and oxygen atoms in total. The molecule has 1 aromatic rings. The summed E-state index contributed by atoms with van der Waals surface area (Å²) in [6, 6.07) is 1.71. The zero-order valence-corrected chi connectivity index (χ0v) is 15.5. The maximum absolute atomic E-state index is 12.7. The molecule has 120 valence electrons. The summed E-state index contributed by atoms with van der Waals surface area (Å²) in [5, 5.41) is 0.463. The molecule has 0 amide bonds.